The number of carbonyl (C=O) groups is 4. The number of thiophene rings is 1. The normalized spacial score (nSPS) is 26.9. The zero-order valence-corrected chi connectivity index (χ0v) is 32.2. The number of ether oxygens (including phenoxy) is 1. The predicted octanol–water partition coefficient (Wildman–Crippen LogP) is 5.27. The molecular formula is C40H41F2N5O7S2. The first-order valence-electron chi connectivity index (χ1n) is 18.8. The molecule has 0 bridgehead atoms. The molecule has 3 N–H and O–H groups in total. The highest BCUT2D eigenvalue weighted by Gasteiger charge is 2.63. The van der Waals surface area contributed by atoms with Crippen molar-refractivity contribution in [2.24, 2.45) is 5.92 Å². The summed E-state index contributed by atoms with van der Waals surface area (Å²) in [6, 6.07) is 12.0. The van der Waals surface area contributed by atoms with Gasteiger partial charge in [-0.05, 0) is 75.1 Å². The van der Waals surface area contributed by atoms with Crippen molar-refractivity contribution in [2.45, 2.75) is 93.2 Å². The number of fused-ring (bicyclic) bond motifs is 5. The van der Waals surface area contributed by atoms with Gasteiger partial charge in [-0.15, -0.1) is 11.3 Å². The predicted molar refractivity (Wildman–Crippen MR) is 205 cm³/mol. The lowest BCUT2D eigenvalue weighted by molar-refractivity contribution is -0.141. The fourth-order valence-corrected chi connectivity index (χ4v) is 9.73. The lowest BCUT2D eigenvalue weighted by Crippen LogP contribution is -2.58. The highest BCUT2D eigenvalue weighted by molar-refractivity contribution is 7.91. The SMILES string of the molecule is CC1(S(=O)(=O)NC(=O)[C@@]23C[C@H]2/C=C\CCCCC[C@H](NC(=O)c2ccc(F)s2)C(=O)N2C[C@H](Oc4nc5ccccc5c5cccc(F)c45)C[C@H]2C(=O)N3)CC1. The van der Waals surface area contributed by atoms with E-state index in [4.69, 9.17) is 4.74 Å². The highest BCUT2D eigenvalue weighted by atomic mass is 32.2. The number of nitrogens with zero attached hydrogens (tertiary/aromatic N) is 2. The molecule has 2 aliphatic carbocycles. The minimum Gasteiger partial charge on any atom is -0.472 e. The lowest BCUT2D eigenvalue weighted by atomic mass is 10.0. The van der Waals surface area contributed by atoms with Crippen molar-refractivity contribution in [1.82, 2.24) is 25.2 Å². The number of pyridine rings is 1. The Morgan fingerprint density at radius 2 is 1.80 bits per heavy atom. The Hall–Kier alpha value is -4.96. The van der Waals surface area contributed by atoms with Gasteiger partial charge < -0.3 is 20.3 Å². The molecule has 2 aliphatic heterocycles. The molecule has 2 aromatic carbocycles. The minimum atomic E-state index is -4.04. The summed E-state index contributed by atoms with van der Waals surface area (Å²) in [4.78, 5) is 62.2. The van der Waals surface area contributed by atoms with Gasteiger partial charge in [-0.2, -0.15) is 4.39 Å². The second-order valence-corrected chi connectivity index (χ2v) is 18.7. The lowest BCUT2D eigenvalue weighted by Gasteiger charge is -2.30. The van der Waals surface area contributed by atoms with Crippen LogP contribution in [0.2, 0.25) is 0 Å². The number of nitrogens with one attached hydrogen (secondary N) is 3. The number of rotatable bonds is 7. The van der Waals surface area contributed by atoms with Gasteiger partial charge in [0, 0.05) is 17.7 Å². The molecule has 8 rings (SSSR count). The van der Waals surface area contributed by atoms with E-state index in [9.17, 15) is 32.0 Å². The molecule has 4 aromatic rings. The number of sulfonamides is 1. The standard InChI is InChI=1S/C40H41F2N5O7S2/c1-39(18-19-39)56(52,53)46-38(51)40-21-23(40)10-5-3-2-4-6-15-29(43-35(49)31-16-17-32(42)55-31)37(50)47-22-24(20-30(47)34(48)45-40)54-36-33-26(12-9-13-27(33)41)25-11-7-8-14-28(25)44-36/h5,7-14,16-17,23-24,29-30H,2-4,6,15,18-22H2,1H3,(H,43,49)(H,45,48)(H,46,51)/b10-5-/t23-,24-,29+,30+,40-/m1/s1. The van der Waals surface area contributed by atoms with E-state index in [2.05, 4.69) is 20.3 Å². The molecule has 0 unspecified atom stereocenters. The van der Waals surface area contributed by atoms with Gasteiger partial charge in [-0.25, -0.2) is 17.8 Å². The number of allylic oxidation sites excluding steroid dienone is 1. The number of hydrogen-bond acceptors (Lipinski definition) is 9. The van der Waals surface area contributed by atoms with Crippen LogP contribution in [0.5, 0.6) is 5.88 Å². The van der Waals surface area contributed by atoms with Gasteiger partial charge >= 0.3 is 0 Å². The van der Waals surface area contributed by atoms with E-state index in [1.807, 2.05) is 24.3 Å². The Morgan fingerprint density at radius 1 is 1.02 bits per heavy atom. The molecule has 5 atom stereocenters. The molecule has 294 valence electrons. The van der Waals surface area contributed by atoms with E-state index in [-0.39, 0.29) is 42.0 Å². The Morgan fingerprint density at radius 3 is 2.57 bits per heavy atom. The van der Waals surface area contributed by atoms with Gasteiger partial charge in [-0.1, -0.05) is 55.3 Å². The number of hydrogen-bond donors (Lipinski definition) is 3. The molecule has 56 heavy (non-hydrogen) atoms. The summed E-state index contributed by atoms with van der Waals surface area (Å²) < 4.78 is 63.3. The van der Waals surface area contributed by atoms with Crippen LogP contribution in [0.4, 0.5) is 8.78 Å². The number of carbonyl (C=O) groups excluding carboxylic acids is 4. The third kappa shape index (κ3) is 7.12. The van der Waals surface area contributed by atoms with Crippen molar-refractivity contribution < 1.29 is 41.1 Å². The van der Waals surface area contributed by atoms with Crippen LogP contribution >= 0.6 is 11.3 Å². The van der Waals surface area contributed by atoms with Crippen molar-refractivity contribution >= 4 is 66.7 Å². The molecule has 0 radical (unpaired) electrons. The number of benzene rings is 2. The maximum Gasteiger partial charge on any atom is 0.262 e. The number of para-hydroxylation sites is 1. The van der Waals surface area contributed by atoms with Crippen LogP contribution in [0.25, 0.3) is 21.7 Å². The van der Waals surface area contributed by atoms with Crippen LogP contribution in [0.1, 0.15) is 74.4 Å². The second kappa shape index (κ2) is 14.5. The summed E-state index contributed by atoms with van der Waals surface area (Å²) >= 11 is 0.643. The van der Waals surface area contributed by atoms with Gasteiger partial charge in [0.2, 0.25) is 27.7 Å². The van der Waals surface area contributed by atoms with Crippen molar-refractivity contribution in [2.75, 3.05) is 6.54 Å². The molecule has 4 amide bonds. The van der Waals surface area contributed by atoms with Crippen molar-refractivity contribution in [3.05, 3.63) is 82.6 Å². The Labute approximate surface area is 326 Å². The Kier molecular flexibility index (Phi) is 9.84. The van der Waals surface area contributed by atoms with Crippen molar-refractivity contribution in [1.29, 1.82) is 0 Å². The average Bonchev–Trinajstić information content (AvgIpc) is 3.97. The summed E-state index contributed by atoms with van der Waals surface area (Å²) in [7, 11) is -4.04. The third-order valence-corrected chi connectivity index (χ3v) is 14.5. The Bertz CT molecular complexity index is 2400. The first kappa shape index (κ1) is 37.9. The monoisotopic (exact) mass is 805 g/mol. The molecule has 3 fully saturated rings. The largest absolute Gasteiger partial charge is 0.472 e. The topological polar surface area (TPSA) is 164 Å². The molecule has 16 heteroatoms. The molecular weight excluding hydrogens is 765 g/mol. The van der Waals surface area contributed by atoms with Crippen molar-refractivity contribution in [3.63, 3.8) is 0 Å². The molecule has 2 saturated carbocycles. The highest BCUT2D eigenvalue weighted by Crippen LogP contribution is 2.47. The van der Waals surface area contributed by atoms with E-state index in [1.165, 1.54) is 17.0 Å². The minimum absolute atomic E-state index is 0.0241. The Balaban J connectivity index is 1.14. The first-order chi connectivity index (χ1) is 26.8. The summed E-state index contributed by atoms with van der Waals surface area (Å²) in [6.07, 6.45) is 6.56. The van der Waals surface area contributed by atoms with Crippen LogP contribution in [-0.4, -0.2) is 76.9 Å². The summed E-state index contributed by atoms with van der Waals surface area (Å²) in [5, 5.41) is 6.44. The summed E-state index contributed by atoms with van der Waals surface area (Å²) in [5.41, 5.74) is -1.04. The fraction of sp³-hybridized carbons (Fsp3) is 0.425. The smallest absolute Gasteiger partial charge is 0.262 e. The zero-order chi connectivity index (χ0) is 39.4. The second-order valence-electron chi connectivity index (χ2n) is 15.4. The van der Waals surface area contributed by atoms with Gasteiger partial charge in [0.15, 0.2) is 5.13 Å². The summed E-state index contributed by atoms with van der Waals surface area (Å²) in [5.74, 6) is -3.89. The van der Waals surface area contributed by atoms with Gasteiger partial charge in [0.25, 0.3) is 11.8 Å². The van der Waals surface area contributed by atoms with Crippen LogP contribution in [0, 0.1) is 16.9 Å². The first-order valence-corrected chi connectivity index (χ1v) is 21.1. The number of aromatic nitrogens is 1. The van der Waals surface area contributed by atoms with Crippen LogP contribution in [0.3, 0.4) is 0 Å². The van der Waals surface area contributed by atoms with Gasteiger partial charge in [0.1, 0.15) is 29.5 Å². The van der Waals surface area contributed by atoms with E-state index in [0.717, 1.165) is 12.5 Å². The van der Waals surface area contributed by atoms with E-state index < -0.39 is 79.0 Å². The average molecular weight is 806 g/mol. The van der Waals surface area contributed by atoms with Crippen LogP contribution in [0.15, 0.2) is 66.7 Å². The summed E-state index contributed by atoms with van der Waals surface area (Å²) in [6.45, 7) is 1.40. The van der Waals surface area contributed by atoms with E-state index in [0.29, 0.717) is 59.7 Å². The van der Waals surface area contributed by atoms with Gasteiger partial charge in [0.05, 0.1) is 27.1 Å². The fourth-order valence-electron chi connectivity index (χ4n) is 7.79. The molecule has 12 nitrogen and oxygen atoms in total. The van der Waals surface area contributed by atoms with Gasteiger partial charge in [-0.3, -0.25) is 23.9 Å². The van der Waals surface area contributed by atoms with Crippen LogP contribution in [-0.2, 0) is 24.4 Å². The molecule has 4 heterocycles. The molecule has 1 saturated heterocycles. The molecule has 0 spiro atoms. The maximum atomic E-state index is 15.5. The quantitative estimate of drug-likeness (QED) is 0.168. The van der Waals surface area contributed by atoms with E-state index >= 15 is 4.39 Å². The molecule has 2 aromatic heterocycles. The molecule has 4 aliphatic rings. The van der Waals surface area contributed by atoms with Crippen LogP contribution < -0.4 is 20.1 Å². The number of halogens is 2. The van der Waals surface area contributed by atoms with E-state index in [1.54, 1.807) is 31.2 Å². The number of amides is 4. The van der Waals surface area contributed by atoms with Crippen molar-refractivity contribution in [3.8, 4) is 5.88 Å². The maximum absolute atomic E-state index is 15.5. The third-order valence-electron chi connectivity index (χ3n) is 11.5. The zero-order valence-electron chi connectivity index (χ0n) is 30.6.